The van der Waals surface area contributed by atoms with E-state index in [1.165, 1.54) is 6.20 Å². The number of nitriles is 1. The Morgan fingerprint density at radius 3 is 2.79 bits per heavy atom. The molecule has 122 valence electrons. The Kier molecular flexibility index (Phi) is 4.92. The van der Waals surface area contributed by atoms with Gasteiger partial charge in [0.1, 0.15) is 24.0 Å². The second-order valence-corrected chi connectivity index (χ2v) is 5.74. The first kappa shape index (κ1) is 15.8. The van der Waals surface area contributed by atoms with Crippen LogP contribution in [0.4, 0.5) is 5.82 Å². The number of nitrogens with one attached hydrogen (secondary N) is 2. The molecular weight excluding hydrogens is 304 g/mol. The van der Waals surface area contributed by atoms with Gasteiger partial charge in [0.25, 0.3) is 0 Å². The summed E-state index contributed by atoms with van der Waals surface area (Å²) >= 11 is 0. The molecule has 1 aliphatic rings. The van der Waals surface area contributed by atoms with E-state index in [9.17, 15) is 10.1 Å². The minimum Gasteiger partial charge on any atom is -0.487 e. The van der Waals surface area contributed by atoms with Gasteiger partial charge in [-0.15, -0.1) is 0 Å². The molecule has 1 aromatic heterocycles. The number of hydrogen-bond donors (Lipinski definition) is 2. The number of carbonyl (C=O) groups is 1. The molecule has 3 rings (SSSR count). The third-order valence-corrected chi connectivity index (χ3v) is 3.75. The molecule has 0 spiro atoms. The van der Waals surface area contributed by atoms with Crippen molar-refractivity contribution in [3.8, 4) is 11.8 Å². The first-order valence-corrected chi connectivity index (χ1v) is 7.87. The maximum absolute atomic E-state index is 11.7. The molecule has 0 saturated heterocycles. The van der Waals surface area contributed by atoms with E-state index in [2.05, 4.69) is 21.9 Å². The zero-order chi connectivity index (χ0) is 16.8. The lowest BCUT2D eigenvalue weighted by molar-refractivity contribution is -0.120. The fraction of sp³-hybridized carbons (Fsp3) is 0.278. The molecule has 1 heterocycles. The summed E-state index contributed by atoms with van der Waals surface area (Å²) in [6.45, 7) is 0.354. The van der Waals surface area contributed by atoms with E-state index in [0.29, 0.717) is 24.7 Å². The van der Waals surface area contributed by atoms with E-state index in [1.54, 1.807) is 6.07 Å². The molecule has 6 nitrogen and oxygen atoms in total. The van der Waals surface area contributed by atoms with E-state index in [0.717, 1.165) is 18.4 Å². The minimum absolute atomic E-state index is 0.0983. The fourth-order valence-corrected chi connectivity index (χ4v) is 2.27. The summed E-state index contributed by atoms with van der Waals surface area (Å²) in [5.41, 5.74) is 6.58. The average Bonchev–Trinajstić information content (AvgIpc) is 3.43. The van der Waals surface area contributed by atoms with Crippen LogP contribution in [0.25, 0.3) is 0 Å². The molecule has 0 radical (unpaired) electrons. The van der Waals surface area contributed by atoms with Crippen molar-refractivity contribution in [1.82, 2.24) is 10.4 Å². The Morgan fingerprint density at radius 1 is 1.29 bits per heavy atom. The van der Waals surface area contributed by atoms with Crippen molar-refractivity contribution >= 4 is 11.7 Å². The molecule has 0 atom stereocenters. The SMILES string of the molecule is N#Cc1c(OCc2ccccc2)ccnc1NNC(=O)CC1CC1. The predicted octanol–water partition coefficient (Wildman–Crippen LogP) is 2.78. The second-order valence-electron chi connectivity index (χ2n) is 5.74. The van der Waals surface area contributed by atoms with Crippen LogP contribution in [0.5, 0.6) is 5.75 Å². The van der Waals surface area contributed by atoms with Gasteiger partial charge in [-0.2, -0.15) is 5.26 Å². The van der Waals surface area contributed by atoms with E-state index in [4.69, 9.17) is 4.74 Å². The minimum atomic E-state index is -0.0983. The standard InChI is InChI=1S/C18H18N4O2/c19-11-15-16(24-12-14-4-2-1-3-5-14)8-9-20-18(15)22-21-17(23)10-13-6-7-13/h1-5,8-9,13H,6-7,10,12H2,(H,20,22)(H,21,23). The molecule has 2 aromatic rings. The number of hydrogen-bond acceptors (Lipinski definition) is 5. The van der Waals surface area contributed by atoms with E-state index in [1.807, 2.05) is 30.3 Å². The summed E-state index contributed by atoms with van der Waals surface area (Å²) < 4.78 is 5.72. The molecule has 1 aromatic carbocycles. The van der Waals surface area contributed by atoms with Crippen LogP contribution in [-0.4, -0.2) is 10.9 Å². The van der Waals surface area contributed by atoms with Crippen molar-refractivity contribution in [3.63, 3.8) is 0 Å². The number of rotatable bonds is 7. The van der Waals surface area contributed by atoms with Crippen LogP contribution in [0.1, 0.15) is 30.4 Å². The Bertz CT molecular complexity index is 751. The van der Waals surface area contributed by atoms with Gasteiger partial charge in [0.2, 0.25) is 5.91 Å². The third-order valence-electron chi connectivity index (χ3n) is 3.75. The number of benzene rings is 1. The largest absolute Gasteiger partial charge is 0.487 e. The molecule has 0 bridgehead atoms. The smallest absolute Gasteiger partial charge is 0.238 e. The molecule has 1 amide bonds. The van der Waals surface area contributed by atoms with Gasteiger partial charge in [-0.05, 0) is 24.3 Å². The van der Waals surface area contributed by atoms with Crippen molar-refractivity contribution in [2.24, 2.45) is 5.92 Å². The molecule has 0 unspecified atom stereocenters. The summed E-state index contributed by atoms with van der Waals surface area (Å²) in [6, 6.07) is 13.4. The number of ether oxygens (including phenoxy) is 1. The van der Waals surface area contributed by atoms with E-state index < -0.39 is 0 Å². The highest BCUT2D eigenvalue weighted by molar-refractivity contribution is 5.78. The van der Waals surface area contributed by atoms with E-state index in [-0.39, 0.29) is 17.3 Å². The van der Waals surface area contributed by atoms with Crippen LogP contribution in [0.15, 0.2) is 42.6 Å². The van der Waals surface area contributed by atoms with Crippen molar-refractivity contribution < 1.29 is 9.53 Å². The fourth-order valence-electron chi connectivity index (χ4n) is 2.27. The number of nitrogens with zero attached hydrogens (tertiary/aromatic N) is 2. The van der Waals surface area contributed by atoms with Crippen molar-refractivity contribution in [2.75, 3.05) is 5.43 Å². The van der Waals surface area contributed by atoms with Gasteiger partial charge >= 0.3 is 0 Å². The Labute approximate surface area is 140 Å². The maximum Gasteiger partial charge on any atom is 0.238 e. The second kappa shape index (κ2) is 7.47. The summed E-state index contributed by atoms with van der Waals surface area (Å²) in [5.74, 6) is 1.11. The van der Waals surface area contributed by atoms with Crippen LogP contribution >= 0.6 is 0 Å². The normalized spacial score (nSPS) is 13.0. The summed E-state index contributed by atoms with van der Waals surface area (Å²) in [7, 11) is 0. The number of aromatic nitrogens is 1. The predicted molar refractivity (Wildman–Crippen MR) is 88.8 cm³/mol. The molecule has 0 aliphatic heterocycles. The van der Waals surface area contributed by atoms with Gasteiger partial charge < -0.3 is 4.74 Å². The summed E-state index contributed by atoms with van der Waals surface area (Å²) in [4.78, 5) is 15.9. The lowest BCUT2D eigenvalue weighted by Crippen LogP contribution is -2.30. The lowest BCUT2D eigenvalue weighted by Gasteiger charge is -2.12. The maximum atomic E-state index is 11.7. The Balaban J connectivity index is 1.64. The van der Waals surface area contributed by atoms with Gasteiger partial charge in [-0.25, -0.2) is 4.98 Å². The first-order chi connectivity index (χ1) is 11.8. The van der Waals surface area contributed by atoms with Crippen LogP contribution in [0.3, 0.4) is 0 Å². The highest BCUT2D eigenvalue weighted by Gasteiger charge is 2.24. The zero-order valence-corrected chi connectivity index (χ0v) is 13.2. The van der Waals surface area contributed by atoms with Gasteiger partial charge in [-0.1, -0.05) is 30.3 Å². The van der Waals surface area contributed by atoms with Crippen molar-refractivity contribution in [3.05, 3.63) is 53.7 Å². The van der Waals surface area contributed by atoms with Gasteiger partial charge in [0.05, 0.1) is 0 Å². The van der Waals surface area contributed by atoms with Crippen LogP contribution < -0.4 is 15.6 Å². The van der Waals surface area contributed by atoms with E-state index >= 15 is 0 Å². The topological polar surface area (TPSA) is 87.0 Å². The molecule has 1 saturated carbocycles. The molecular formula is C18H18N4O2. The number of anilines is 1. The first-order valence-electron chi connectivity index (χ1n) is 7.87. The summed E-state index contributed by atoms with van der Waals surface area (Å²) in [5, 5.41) is 9.39. The molecule has 2 N–H and O–H groups in total. The van der Waals surface area contributed by atoms with Gasteiger partial charge in [0, 0.05) is 18.7 Å². The van der Waals surface area contributed by atoms with Crippen molar-refractivity contribution in [2.45, 2.75) is 25.9 Å². The third kappa shape index (κ3) is 4.23. The van der Waals surface area contributed by atoms with Crippen molar-refractivity contribution in [1.29, 1.82) is 5.26 Å². The number of carbonyl (C=O) groups excluding carboxylic acids is 1. The zero-order valence-electron chi connectivity index (χ0n) is 13.2. The molecule has 1 aliphatic carbocycles. The number of hydrazine groups is 1. The van der Waals surface area contributed by atoms with Gasteiger partial charge in [0.15, 0.2) is 5.82 Å². The molecule has 24 heavy (non-hydrogen) atoms. The van der Waals surface area contributed by atoms with Crippen LogP contribution in [0, 0.1) is 17.2 Å². The number of amides is 1. The monoisotopic (exact) mass is 322 g/mol. The highest BCUT2D eigenvalue weighted by atomic mass is 16.5. The Morgan fingerprint density at radius 2 is 2.08 bits per heavy atom. The molecule has 1 fully saturated rings. The summed E-state index contributed by atoms with van der Waals surface area (Å²) in [6.07, 6.45) is 4.26. The average molecular weight is 322 g/mol. The Hall–Kier alpha value is -3.07. The lowest BCUT2D eigenvalue weighted by atomic mass is 10.2. The quantitative estimate of drug-likeness (QED) is 0.765. The van der Waals surface area contributed by atoms with Crippen LogP contribution in [-0.2, 0) is 11.4 Å². The highest BCUT2D eigenvalue weighted by Crippen LogP contribution is 2.32. The number of pyridine rings is 1. The molecule has 6 heteroatoms. The van der Waals surface area contributed by atoms with Gasteiger partial charge in [-0.3, -0.25) is 15.6 Å². The van der Waals surface area contributed by atoms with Crippen LogP contribution in [0.2, 0.25) is 0 Å².